The monoisotopic (exact) mass is 144 g/mol. The molecular weight excluding hydrogens is 128 g/mol. The van der Waals surface area contributed by atoms with Crippen LogP contribution in [0.1, 0.15) is 8.22 Å². The van der Waals surface area contributed by atoms with Crippen LogP contribution in [0, 0.1) is 0 Å². The van der Waals surface area contributed by atoms with Crippen LogP contribution in [-0.2, 0) is 0 Å². The van der Waals surface area contributed by atoms with Crippen LogP contribution >= 0.6 is 0 Å². The summed E-state index contributed by atoms with van der Waals surface area (Å²) in [5, 5.41) is 0. The van der Waals surface area contributed by atoms with Crippen molar-refractivity contribution in [2.45, 2.75) is 0 Å². The Morgan fingerprint density at radius 3 is 2.30 bits per heavy atom. The Labute approximate surface area is 68.8 Å². The lowest BCUT2D eigenvalue weighted by molar-refractivity contribution is 0.394. The third kappa shape index (κ3) is 1.41. The van der Waals surface area contributed by atoms with Crippen LogP contribution in [0.4, 0.5) is 0 Å². The Balaban J connectivity index is 2.79. The summed E-state index contributed by atoms with van der Waals surface area (Å²) in [5.74, 6) is 0.0588. The van der Waals surface area contributed by atoms with Gasteiger partial charge in [-0.3, -0.25) is 0 Å². The average Bonchev–Trinajstić information content (AvgIpc) is 1.96. The van der Waals surface area contributed by atoms with E-state index in [4.69, 9.17) is 8.22 Å². The third-order valence-corrected chi connectivity index (χ3v) is 1.04. The highest BCUT2D eigenvalue weighted by Crippen LogP contribution is 2.17. The summed E-state index contributed by atoms with van der Waals surface area (Å²) in [6.45, 7) is 0. The summed E-state index contributed by atoms with van der Waals surface area (Å²) < 4.78 is 50.5. The van der Waals surface area contributed by atoms with Gasteiger partial charge in [0.25, 0.3) is 0 Å². The Bertz CT molecular complexity index is 325. The van der Waals surface area contributed by atoms with E-state index < -0.39 is 14.1 Å². The minimum Gasteiger partial charge on any atom is -0.497 e. The molecule has 1 aromatic rings. The quantitative estimate of drug-likeness (QED) is 0.629. The summed E-state index contributed by atoms with van der Waals surface area (Å²) in [7, 11) is -5.14. The van der Waals surface area contributed by atoms with Gasteiger partial charge in [-0.05, 0) is 12.1 Å². The zero-order valence-electron chi connectivity index (χ0n) is 11.1. The summed E-state index contributed by atoms with van der Waals surface area (Å²) in [4.78, 5) is 0. The molecule has 0 amide bonds. The molecule has 0 aliphatic rings. The Kier molecular flexibility index (Phi) is 0.763. The molecule has 0 unspecified atom stereocenters. The van der Waals surface area contributed by atoms with Crippen molar-refractivity contribution in [3.63, 3.8) is 0 Å². The zero-order chi connectivity index (χ0) is 12.4. The molecule has 0 fully saturated rings. The van der Waals surface area contributed by atoms with Gasteiger partial charge in [-0.15, -0.1) is 0 Å². The van der Waals surface area contributed by atoms with Crippen LogP contribution in [0.5, 0.6) is 11.5 Å². The Morgan fingerprint density at radius 1 is 1.20 bits per heavy atom. The SMILES string of the molecule is [2H]C([2H])([2H])Oc1cccc(OC([2H])([2H])[2H])c1. The van der Waals surface area contributed by atoms with Crippen molar-refractivity contribution >= 4 is 0 Å². The van der Waals surface area contributed by atoms with Gasteiger partial charge in [-0.25, -0.2) is 0 Å². The second kappa shape index (κ2) is 3.11. The van der Waals surface area contributed by atoms with E-state index in [2.05, 4.69) is 9.47 Å². The van der Waals surface area contributed by atoms with Crippen LogP contribution in [0.3, 0.4) is 0 Å². The number of rotatable bonds is 2. The molecule has 0 bridgehead atoms. The molecule has 0 radical (unpaired) electrons. The molecule has 0 atom stereocenters. The lowest BCUT2D eigenvalue weighted by Crippen LogP contribution is -1.84. The molecule has 0 saturated carbocycles. The van der Waals surface area contributed by atoms with Gasteiger partial charge >= 0.3 is 0 Å². The second-order valence-electron chi connectivity index (χ2n) is 1.68. The van der Waals surface area contributed by atoms with Crippen molar-refractivity contribution in [1.82, 2.24) is 0 Å². The van der Waals surface area contributed by atoms with E-state index in [9.17, 15) is 0 Å². The molecule has 10 heavy (non-hydrogen) atoms. The largest absolute Gasteiger partial charge is 0.497 e. The molecule has 2 heteroatoms. The maximum absolute atomic E-state index is 6.88. The van der Waals surface area contributed by atoms with Gasteiger partial charge in [0, 0.05) is 6.07 Å². The van der Waals surface area contributed by atoms with Crippen molar-refractivity contribution in [1.29, 1.82) is 0 Å². The first kappa shape index (κ1) is 2.46. The van der Waals surface area contributed by atoms with Crippen LogP contribution in [0.15, 0.2) is 24.3 Å². The van der Waals surface area contributed by atoms with E-state index in [-0.39, 0.29) is 11.5 Å². The van der Waals surface area contributed by atoms with E-state index in [1.807, 2.05) is 0 Å². The molecule has 0 saturated heterocycles. The van der Waals surface area contributed by atoms with Crippen LogP contribution in [-0.4, -0.2) is 14.1 Å². The highest BCUT2D eigenvalue weighted by Gasteiger charge is 1.91. The van der Waals surface area contributed by atoms with E-state index in [1.165, 1.54) is 24.3 Å². The van der Waals surface area contributed by atoms with Gasteiger partial charge < -0.3 is 9.47 Å². The predicted octanol–water partition coefficient (Wildman–Crippen LogP) is 1.70. The highest BCUT2D eigenvalue weighted by atomic mass is 16.5. The molecule has 2 nitrogen and oxygen atoms in total. The van der Waals surface area contributed by atoms with Crippen LogP contribution in [0.2, 0.25) is 0 Å². The molecular formula is C8H10O2. The fourth-order valence-electron chi connectivity index (χ4n) is 0.601. The minimum absolute atomic E-state index is 0.0294. The molecule has 0 aliphatic carbocycles. The van der Waals surface area contributed by atoms with Crippen molar-refractivity contribution in [3.8, 4) is 11.5 Å². The van der Waals surface area contributed by atoms with Crippen molar-refractivity contribution < 1.29 is 17.7 Å². The molecule has 0 heterocycles. The van der Waals surface area contributed by atoms with E-state index in [0.717, 1.165) is 0 Å². The molecule has 0 aromatic heterocycles. The van der Waals surface area contributed by atoms with Gasteiger partial charge in [-0.2, -0.15) is 0 Å². The lowest BCUT2D eigenvalue weighted by atomic mass is 10.3. The zero-order valence-corrected chi connectivity index (χ0v) is 5.13. The van der Waals surface area contributed by atoms with Gasteiger partial charge in [0.2, 0.25) is 0 Å². The Hall–Kier alpha value is -1.18. The summed E-state index contributed by atoms with van der Waals surface area (Å²) >= 11 is 0. The van der Waals surface area contributed by atoms with Crippen LogP contribution in [0.25, 0.3) is 0 Å². The number of hydrogen-bond donors (Lipinski definition) is 0. The molecule has 0 N–H and O–H groups in total. The number of hydrogen-bond acceptors (Lipinski definition) is 2. The van der Waals surface area contributed by atoms with E-state index >= 15 is 0 Å². The molecule has 0 aliphatic heterocycles. The number of benzene rings is 1. The second-order valence-corrected chi connectivity index (χ2v) is 1.68. The summed E-state index contributed by atoms with van der Waals surface area (Å²) in [6.07, 6.45) is 0. The maximum Gasteiger partial charge on any atom is 0.122 e. The standard InChI is InChI=1S/C8H10O2/c1-9-7-4-3-5-8(6-7)10-2/h3-6H,1-2H3/i1D3,2D3. The fraction of sp³-hybridized carbons (Fsp3) is 0.250. The van der Waals surface area contributed by atoms with E-state index in [1.54, 1.807) is 0 Å². The van der Waals surface area contributed by atoms with Gasteiger partial charge in [0.15, 0.2) is 0 Å². The smallest absolute Gasteiger partial charge is 0.122 e. The van der Waals surface area contributed by atoms with Crippen molar-refractivity contribution in [2.75, 3.05) is 14.1 Å². The number of methoxy groups -OCH3 is 2. The normalized spacial score (nSPS) is 20.4. The molecule has 54 valence electrons. The van der Waals surface area contributed by atoms with Gasteiger partial charge in [0.1, 0.15) is 11.5 Å². The predicted molar refractivity (Wildman–Crippen MR) is 39.5 cm³/mol. The van der Waals surface area contributed by atoms with Crippen molar-refractivity contribution in [2.24, 2.45) is 0 Å². The fourth-order valence-corrected chi connectivity index (χ4v) is 0.601. The minimum atomic E-state index is -2.57. The molecule has 1 aromatic carbocycles. The van der Waals surface area contributed by atoms with Crippen molar-refractivity contribution in [3.05, 3.63) is 24.3 Å². The number of ether oxygens (including phenoxy) is 2. The van der Waals surface area contributed by atoms with Gasteiger partial charge in [-0.1, -0.05) is 6.07 Å². The highest BCUT2D eigenvalue weighted by molar-refractivity contribution is 5.32. The summed E-state index contributed by atoms with van der Waals surface area (Å²) in [5.41, 5.74) is 0. The first-order valence-corrected chi connectivity index (χ1v) is 2.64. The topological polar surface area (TPSA) is 18.5 Å². The first-order valence-electron chi connectivity index (χ1n) is 5.64. The molecule has 0 spiro atoms. The maximum atomic E-state index is 6.88. The summed E-state index contributed by atoms with van der Waals surface area (Å²) in [6, 6.07) is 5.46. The third-order valence-electron chi connectivity index (χ3n) is 1.04. The van der Waals surface area contributed by atoms with E-state index in [0.29, 0.717) is 0 Å². The molecule has 1 rings (SSSR count). The lowest BCUT2D eigenvalue weighted by Gasteiger charge is -2.01. The average molecular weight is 144 g/mol. The Morgan fingerprint density at radius 2 is 1.80 bits per heavy atom. The van der Waals surface area contributed by atoms with Gasteiger partial charge in [0.05, 0.1) is 22.3 Å². The first-order chi connectivity index (χ1) is 7.16. The van der Waals surface area contributed by atoms with Crippen LogP contribution < -0.4 is 9.47 Å².